The van der Waals surface area contributed by atoms with Gasteiger partial charge in [-0.25, -0.2) is 0 Å². The molecule has 3 aromatic rings. The minimum Gasteiger partial charge on any atom is -0.508 e. The molecule has 0 amide bonds. The number of benzene rings is 3. The number of hydrogen-bond acceptors (Lipinski definition) is 3. The number of nitrogens with one attached hydrogen (secondary N) is 1. The summed E-state index contributed by atoms with van der Waals surface area (Å²) in [6.45, 7) is 7.08. The fraction of sp³-hybridized carbons (Fsp3) is 0.444. The van der Waals surface area contributed by atoms with Crippen LogP contribution in [0.3, 0.4) is 0 Å². The van der Waals surface area contributed by atoms with E-state index in [2.05, 4.69) is 73.8 Å². The predicted molar refractivity (Wildman–Crippen MR) is 167 cm³/mol. The molecule has 0 aromatic heterocycles. The molecule has 0 saturated carbocycles. The maximum atomic E-state index is 9.85. The maximum absolute atomic E-state index is 9.85. The van der Waals surface area contributed by atoms with Crippen LogP contribution < -0.4 is 10.1 Å². The van der Waals surface area contributed by atoms with E-state index in [0.29, 0.717) is 6.61 Å². The Morgan fingerprint density at radius 2 is 1.18 bits per heavy atom. The lowest BCUT2D eigenvalue weighted by Crippen LogP contribution is -2.22. The normalized spacial score (nSPS) is 11.8. The third-order valence-corrected chi connectivity index (χ3v) is 7.33. The smallest absolute Gasteiger partial charge is 0.119 e. The highest BCUT2D eigenvalue weighted by atomic mass is 16.5. The average molecular weight is 528 g/mol. The first-order valence-electron chi connectivity index (χ1n) is 15.2. The maximum Gasteiger partial charge on any atom is 0.119 e. The molecule has 0 bridgehead atoms. The highest BCUT2D eigenvalue weighted by Crippen LogP contribution is 2.35. The van der Waals surface area contributed by atoms with Crippen LogP contribution in [0.25, 0.3) is 11.1 Å². The molecule has 0 spiro atoms. The van der Waals surface area contributed by atoms with Crippen LogP contribution in [-0.4, -0.2) is 24.8 Å². The standard InChI is InChI=1S/C36H49NO2/c1-3-5-6-7-8-9-10-11-12-16-27-37-28-29-39-34-25-21-32(22-26-34)36(31-19-23-33(38)24-20-31)35(4-2)30-17-14-13-15-18-30/h13-15,17-26,37-38H,3-12,16,27-29H2,1-2H3/b36-35+. The summed E-state index contributed by atoms with van der Waals surface area (Å²) in [5.74, 6) is 1.17. The van der Waals surface area contributed by atoms with E-state index in [1.165, 1.54) is 80.9 Å². The Balaban J connectivity index is 1.45. The zero-order chi connectivity index (χ0) is 27.5. The summed E-state index contributed by atoms with van der Waals surface area (Å²) in [5, 5.41) is 13.4. The molecule has 3 heteroatoms. The Kier molecular flexibility index (Phi) is 14.3. The van der Waals surface area contributed by atoms with Gasteiger partial charge in [0.2, 0.25) is 0 Å². The van der Waals surface area contributed by atoms with Gasteiger partial charge in [0.05, 0.1) is 0 Å². The van der Waals surface area contributed by atoms with Crippen molar-refractivity contribution in [3.8, 4) is 11.5 Å². The van der Waals surface area contributed by atoms with E-state index in [9.17, 15) is 5.11 Å². The predicted octanol–water partition coefficient (Wildman–Crippen LogP) is 9.65. The van der Waals surface area contributed by atoms with Crippen LogP contribution in [-0.2, 0) is 0 Å². The topological polar surface area (TPSA) is 41.5 Å². The molecule has 39 heavy (non-hydrogen) atoms. The van der Waals surface area contributed by atoms with Crippen molar-refractivity contribution in [3.05, 3.63) is 95.6 Å². The van der Waals surface area contributed by atoms with Crippen LogP contribution in [0.5, 0.6) is 11.5 Å². The molecule has 3 aromatic carbocycles. The van der Waals surface area contributed by atoms with Crippen molar-refractivity contribution in [1.29, 1.82) is 0 Å². The van der Waals surface area contributed by atoms with Crippen molar-refractivity contribution in [3.63, 3.8) is 0 Å². The lowest BCUT2D eigenvalue weighted by Gasteiger charge is -2.17. The van der Waals surface area contributed by atoms with Crippen LogP contribution in [0, 0.1) is 0 Å². The van der Waals surface area contributed by atoms with E-state index in [1.807, 2.05) is 12.1 Å². The molecule has 3 nitrogen and oxygen atoms in total. The van der Waals surface area contributed by atoms with E-state index >= 15 is 0 Å². The van der Waals surface area contributed by atoms with Crippen LogP contribution in [0.4, 0.5) is 0 Å². The van der Waals surface area contributed by atoms with Crippen LogP contribution in [0.1, 0.15) is 101 Å². The molecule has 0 heterocycles. The molecular weight excluding hydrogens is 478 g/mol. The van der Waals surface area contributed by atoms with E-state index in [1.54, 1.807) is 12.1 Å². The molecule has 0 aliphatic rings. The minimum absolute atomic E-state index is 0.279. The lowest BCUT2D eigenvalue weighted by molar-refractivity contribution is 0.313. The molecule has 0 saturated heterocycles. The van der Waals surface area contributed by atoms with Gasteiger partial charge in [-0.2, -0.15) is 0 Å². The van der Waals surface area contributed by atoms with Gasteiger partial charge in [0, 0.05) is 6.54 Å². The summed E-state index contributed by atoms with van der Waals surface area (Å²) < 4.78 is 6.02. The Hall–Kier alpha value is -3.04. The minimum atomic E-state index is 0.279. The fourth-order valence-corrected chi connectivity index (χ4v) is 5.13. The molecule has 0 radical (unpaired) electrons. The van der Waals surface area contributed by atoms with Gasteiger partial charge in [-0.05, 0) is 71.5 Å². The zero-order valence-corrected chi connectivity index (χ0v) is 24.3. The molecule has 3 rings (SSSR count). The largest absolute Gasteiger partial charge is 0.508 e. The first kappa shape index (κ1) is 30.5. The van der Waals surface area contributed by atoms with Crippen molar-refractivity contribution >= 4 is 11.1 Å². The Labute approximate surface area is 237 Å². The molecule has 0 unspecified atom stereocenters. The summed E-state index contributed by atoms with van der Waals surface area (Å²) >= 11 is 0. The van der Waals surface area contributed by atoms with Gasteiger partial charge in [-0.3, -0.25) is 0 Å². The van der Waals surface area contributed by atoms with Gasteiger partial charge in [-0.15, -0.1) is 0 Å². The summed E-state index contributed by atoms with van der Waals surface area (Å²) in [4.78, 5) is 0. The molecule has 0 fully saturated rings. The quantitative estimate of drug-likeness (QED) is 0.120. The van der Waals surface area contributed by atoms with Crippen LogP contribution >= 0.6 is 0 Å². The first-order valence-corrected chi connectivity index (χ1v) is 15.2. The molecule has 0 atom stereocenters. The van der Waals surface area contributed by atoms with Crippen LogP contribution in [0.2, 0.25) is 0 Å². The summed E-state index contributed by atoms with van der Waals surface area (Å²) in [6, 6.07) is 26.5. The summed E-state index contributed by atoms with van der Waals surface area (Å²) in [5.41, 5.74) is 5.93. The number of unbranched alkanes of at least 4 members (excludes halogenated alkanes) is 9. The molecular formula is C36H49NO2. The van der Waals surface area contributed by atoms with Crippen molar-refractivity contribution in [1.82, 2.24) is 5.32 Å². The van der Waals surface area contributed by atoms with Gasteiger partial charge in [0.25, 0.3) is 0 Å². The Morgan fingerprint density at radius 1 is 0.615 bits per heavy atom. The van der Waals surface area contributed by atoms with Gasteiger partial charge in [-0.1, -0.05) is 126 Å². The van der Waals surface area contributed by atoms with Gasteiger partial charge in [0.15, 0.2) is 0 Å². The number of rotatable bonds is 19. The average Bonchev–Trinajstić information content (AvgIpc) is 2.97. The molecule has 2 N–H and O–H groups in total. The van der Waals surface area contributed by atoms with Gasteiger partial charge < -0.3 is 15.2 Å². The van der Waals surface area contributed by atoms with E-state index in [0.717, 1.165) is 36.4 Å². The Bertz CT molecular complexity index is 1070. The second-order valence-electron chi connectivity index (χ2n) is 10.4. The Morgan fingerprint density at radius 3 is 1.77 bits per heavy atom. The first-order chi connectivity index (χ1) is 19.2. The summed E-state index contributed by atoms with van der Waals surface area (Å²) in [6.07, 6.45) is 14.6. The SMILES string of the molecule is CCCCCCCCCCCCNCCOc1ccc(/C(=C(\CC)c2ccccc2)c2ccc(O)cc2)cc1. The third-order valence-electron chi connectivity index (χ3n) is 7.33. The third kappa shape index (κ3) is 10.9. The number of ether oxygens (including phenoxy) is 1. The second-order valence-corrected chi connectivity index (χ2v) is 10.4. The number of allylic oxidation sites excluding steroid dienone is 1. The number of aromatic hydroxyl groups is 1. The van der Waals surface area contributed by atoms with Gasteiger partial charge in [0.1, 0.15) is 18.1 Å². The molecule has 0 aliphatic heterocycles. The molecule has 210 valence electrons. The highest BCUT2D eigenvalue weighted by molar-refractivity contribution is 5.98. The van der Waals surface area contributed by atoms with Crippen molar-refractivity contribution in [2.45, 2.75) is 84.5 Å². The number of phenols is 1. The van der Waals surface area contributed by atoms with Crippen LogP contribution in [0.15, 0.2) is 78.9 Å². The fourth-order valence-electron chi connectivity index (χ4n) is 5.13. The molecule has 0 aliphatic carbocycles. The number of phenolic OH excluding ortho intramolecular Hbond substituents is 1. The van der Waals surface area contributed by atoms with Gasteiger partial charge >= 0.3 is 0 Å². The monoisotopic (exact) mass is 527 g/mol. The highest BCUT2D eigenvalue weighted by Gasteiger charge is 2.13. The lowest BCUT2D eigenvalue weighted by atomic mass is 9.88. The van der Waals surface area contributed by atoms with E-state index in [4.69, 9.17) is 4.74 Å². The summed E-state index contributed by atoms with van der Waals surface area (Å²) in [7, 11) is 0. The second kappa shape index (κ2) is 18.3. The van der Waals surface area contributed by atoms with Crippen molar-refractivity contribution < 1.29 is 9.84 Å². The zero-order valence-electron chi connectivity index (χ0n) is 24.3. The van der Waals surface area contributed by atoms with Crippen molar-refractivity contribution in [2.75, 3.05) is 19.7 Å². The van der Waals surface area contributed by atoms with E-state index < -0.39 is 0 Å². The van der Waals surface area contributed by atoms with E-state index in [-0.39, 0.29) is 5.75 Å². The number of hydrogen-bond donors (Lipinski definition) is 2. The van der Waals surface area contributed by atoms with Crippen molar-refractivity contribution in [2.24, 2.45) is 0 Å².